The molecular formula is C47H28O2. The largest absolute Gasteiger partial charge is 0.456 e. The first-order valence-electron chi connectivity index (χ1n) is 16.9. The van der Waals surface area contributed by atoms with Crippen LogP contribution in [0.1, 0.15) is 5.56 Å². The van der Waals surface area contributed by atoms with Gasteiger partial charge in [-0.3, -0.25) is 0 Å². The van der Waals surface area contributed by atoms with E-state index >= 15 is 0 Å². The summed E-state index contributed by atoms with van der Waals surface area (Å²) in [7, 11) is 0. The highest BCUT2D eigenvalue weighted by Gasteiger charge is 2.25. The smallest absolute Gasteiger partial charge is 0.143 e. The average molecular weight is 625 g/mol. The Hall–Kier alpha value is -6.38. The maximum Gasteiger partial charge on any atom is 0.143 e. The number of furan rings is 2. The molecule has 2 heterocycles. The molecule has 9 aromatic carbocycles. The molecule has 2 heteroatoms. The first-order valence-corrected chi connectivity index (χ1v) is 16.9. The van der Waals surface area contributed by atoms with Gasteiger partial charge in [0.25, 0.3) is 0 Å². The molecule has 0 saturated carbocycles. The van der Waals surface area contributed by atoms with E-state index in [0.29, 0.717) is 0 Å². The van der Waals surface area contributed by atoms with Crippen LogP contribution in [0.3, 0.4) is 0 Å². The Kier molecular flexibility index (Phi) is 5.34. The monoisotopic (exact) mass is 624 g/mol. The summed E-state index contributed by atoms with van der Waals surface area (Å²) in [5, 5.41) is 14.2. The minimum absolute atomic E-state index is 0.883. The molecule has 0 spiro atoms. The second-order valence-corrected chi connectivity index (χ2v) is 13.2. The lowest BCUT2D eigenvalue weighted by molar-refractivity contribution is 0.666. The number of para-hydroxylation sites is 2. The van der Waals surface area contributed by atoms with Gasteiger partial charge in [0.05, 0.1) is 0 Å². The Labute approximate surface area is 281 Å². The molecule has 228 valence electrons. The second-order valence-electron chi connectivity index (χ2n) is 13.2. The van der Waals surface area contributed by atoms with Gasteiger partial charge in [0.2, 0.25) is 0 Å². The van der Waals surface area contributed by atoms with E-state index in [1.807, 2.05) is 6.07 Å². The Morgan fingerprint density at radius 1 is 0.347 bits per heavy atom. The molecular weight excluding hydrogens is 597 g/mol. The van der Waals surface area contributed by atoms with Crippen LogP contribution in [-0.4, -0.2) is 0 Å². The maximum atomic E-state index is 6.95. The van der Waals surface area contributed by atoms with Gasteiger partial charge in [0, 0.05) is 38.1 Å². The average Bonchev–Trinajstić information content (AvgIpc) is 3.74. The molecule has 2 aromatic heterocycles. The van der Waals surface area contributed by atoms with Gasteiger partial charge >= 0.3 is 0 Å². The fraction of sp³-hybridized carbons (Fsp3) is 0.0213. The quantitative estimate of drug-likeness (QED) is 0.179. The Morgan fingerprint density at radius 2 is 0.816 bits per heavy atom. The molecule has 0 amide bonds. The number of aryl methyl sites for hydroxylation is 1. The molecule has 2 nitrogen and oxygen atoms in total. The molecule has 0 aliphatic rings. The van der Waals surface area contributed by atoms with Crippen LogP contribution in [0.25, 0.3) is 109 Å². The van der Waals surface area contributed by atoms with Crippen molar-refractivity contribution < 1.29 is 8.83 Å². The molecule has 0 fully saturated rings. The minimum Gasteiger partial charge on any atom is -0.456 e. The Balaban J connectivity index is 1.36. The van der Waals surface area contributed by atoms with Crippen molar-refractivity contribution in [2.45, 2.75) is 6.92 Å². The van der Waals surface area contributed by atoms with E-state index in [2.05, 4.69) is 153 Å². The molecule has 0 radical (unpaired) electrons. The van der Waals surface area contributed by atoms with Gasteiger partial charge < -0.3 is 8.83 Å². The third-order valence-electron chi connectivity index (χ3n) is 10.5. The lowest BCUT2D eigenvalue weighted by atomic mass is 9.83. The van der Waals surface area contributed by atoms with Gasteiger partial charge in [-0.1, -0.05) is 127 Å². The lowest BCUT2D eigenvalue weighted by Crippen LogP contribution is -1.92. The number of hydrogen-bond acceptors (Lipinski definition) is 2. The highest BCUT2D eigenvalue weighted by atomic mass is 16.3. The normalized spacial score (nSPS) is 12.2. The minimum atomic E-state index is 0.883. The van der Waals surface area contributed by atoms with Crippen molar-refractivity contribution in [1.82, 2.24) is 0 Å². The fourth-order valence-electron chi connectivity index (χ4n) is 8.51. The molecule has 0 unspecified atom stereocenters. The zero-order valence-corrected chi connectivity index (χ0v) is 26.8. The van der Waals surface area contributed by atoms with Gasteiger partial charge in [-0.2, -0.15) is 0 Å². The molecule has 49 heavy (non-hydrogen) atoms. The third kappa shape index (κ3) is 3.61. The van der Waals surface area contributed by atoms with E-state index in [9.17, 15) is 0 Å². The first-order chi connectivity index (χ1) is 24.2. The van der Waals surface area contributed by atoms with Crippen molar-refractivity contribution >= 4 is 87.0 Å². The van der Waals surface area contributed by atoms with Crippen molar-refractivity contribution in [3.8, 4) is 22.3 Å². The van der Waals surface area contributed by atoms with E-state index in [0.717, 1.165) is 55.0 Å². The number of rotatable bonds is 2. The zero-order valence-electron chi connectivity index (χ0n) is 26.8. The van der Waals surface area contributed by atoms with Gasteiger partial charge in [-0.05, 0) is 85.6 Å². The molecule has 0 aliphatic heterocycles. The summed E-state index contributed by atoms with van der Waals surface area (Å²) in [6.07, 6.45) is 0. The molecule has 0 bridgehead atoms. The van der Waals surface area contributed by atoms with E-state index in [4.69, 9.17) is 8.83 Å². The van der Waals surface area contributed by atoms with Crippen molar-refractivity contribution in [1.29, 1.82) is 0 Å². The summed E-state index contributed by atoms with van der Waals surface area (Å²) in [6.45, 7) is 2.16. The van der Waals surface area contributed by atoms with Gasteiger partial charge in [0.15, 0.2) is 0 Å². The maximum absolute atomic E-state index is 6.95. The van der Waals surface area contributed by atoms with Crippen LogP contribution < -0.4 is 0 Å². The highest BCUT2D eigenvalue weighted by molar-refractivity contribution is 6.35. The van der Waals surface area contributed by atoms with Crippen molar-refractivity contribution in [3.05, 3.63) is 157 Å². The van der Waals surface area contributed by atoms with Gasteiger partial charge in [-0.15, -0.1) is 0 Å². The summed E-state index contributed by atoms with van der Waals surface area (Å²) in [4.78, 5) is 0. The summed E-state index contributed by atoms with van der Waals surface area (Å²) < 4.78 is 13.5. The molecule has 0 saturated heterocycles. The molecule has 0 N–H and O–H groups in total. The van der Waals surface area contributed by atoms with Crippen LogP contribution in [-0.2, 0) is 0 Å². The number of hydrogen-bond donors (Lipinski definition) is 0. The van der Waals surface area contributed by atoms with Crippen LogP contribution in [0.4, 0.5) is 0 Å². The predicted molar refractivity (Wildman–Crippen MR) is 207 cm³/mol. The zero-order chi connectivity index (χ0) is 32.2. The van der Waals surface area contributed by atoms with E-state index in [-0.39, 0.29) is 0 Å². The van der Waals surface area contributed by atoms with E-state index in [1.165, 1.54) is 59.8 Å². The molecule has 11 rings (SSSR count). The highest BCUT2D eigenvalue weighted by Crippen LogP contribution is 2.51. The van der Waals surface area contributed by atoms with Crippen LogP contribution >= 0.6 is 0 Å². The van der Waals surface area contributed by atoms with Crippen LogP contribution in [0.5, 0.6) is 0 Å². The van der Waals surface area contributed by atoms with E-state index < -0.39 is 0 Å². The summed E-state index contributed by atoms with van der Waals surface area (Å²) in [6, 6.07) is 54.6. The Bertz CT molecular complexity index is 3110. The summed E-state index contributed by atoms with van der Waals surface area (Å²) in [5.74, 6) is 0. The number of fused-ring (bicyclic) bond motifs is 12. The SMILES string of the molecule is Cc1cc2cc(-c3c4ccccc4c(-c4cccc5ccccc45)c4ccccc34)c3oc4ccccc4c3c2c2c1oc1ccccc12. The van der Waals surface area contributed by atoms with Crippen LogP contribution in [0.2, 0.25) is 0 Å². The molecule has 0 atom stereocenters. The summed E-state index contributed by atoms with van der Waals surface area (Å²) in [5.41, 5.74) is 9.54. The van der Waals surface area contributed by atoms with Gasteiger partial charge in [0.1, 0.15) is 22.3 Å². The van der Waals surface area contributed by atoms with Crippen LogP contribution in [0.15, 0.2) is 160 Å². The lowest BCUT2D eigenvalue weighted by Gasteiger charge is -2.19. The first kappa shape index (κ1) is 26.7. The van der Waals surface area contributed by atoms with Crippen molar-refractivity contribution in [2.24, 2.45) is 0 Å². The summed E-state index contributed by atoms with van der Waals surface area (Å²) >= 11 is 0. The van der Waals surface area contributed by atoms with E-state index in [1.54, 1.807) is 0 Å². The fourth-order valence-corrected chi connectivity index (χ4v) is 8.51. The van der Waals surface area contributed by atoms with Crippen molar-refractivity contribution in [3.63, 3.8) is 0 Å². The second kappa shape index (κ2) is 9.82. The standard InChI is InChI=1S/C47H28O2/c1-27-25-29-26-38(47-45(37-21-9-11-24-40(37)49-47)41(29)44-36-20-8-10-23-39(36)48-46(27)44)43-34-18-6-4-16-32(34)42(33-17-5-7-19-35(33)43)31-22-12-14-28-13-2-3-15-30(28)31/h2-26H,1H3. The topological polar surface area (TPSA) is 26.3 Å². The van der Waals surface area contributed by atoms with Gasteiger partial charge in [-0.25, -0.2) is 0 Å². The van der Waals surface area contributed by atoms with Crippen LogP contribution in [0, 0.1) is 6.92 Å². The molecule has 11 aromatic rings. The number of benzene rings is 9. The Morgan fingerprint density at radius 3 is 1.45 bits per heavy atom. The van der Waals surface area contributed by atoms with Crippen molar-refractivity contribution in [2.75, 3.05) is 0 Å². The third-order valence-corrected chi connectivity index (χ3v) is 10.5. The molecule has 0 aliphatic carbocycles. The predicted octanol–water partition coefficient (Wildman–Crippen LogP) is 13.7.